The maximum atomic E-state index is 11.2. The van der Waals surface area contributed by atoms with Crippen LogP contribution >= 0.6 is 0 Å². The number of fused-ring (bicyclic) bond motifs is 3. The number of aromatic nitrogens is 2. The molecule has 0 fully saturated rings. The highest BCUT2D eigenvalue weighted by atomic mass is 16.5. The zero-order chi connectivity index (χ0) is 14.1. The van der Waals surface area contributed by atoms with Crippen LogP contribution in [0.1, 0.15) is 10.4 Å². The van der Waals surface area contributed by atoms with E-state index in [0.29, 0.717) is 34.0 Å². The minimum Gasteiger partial charge on any atom is -0.478 e. The van der Waals surface area contributed by atoms with Crippen LogP contribution in [0.5, 0.6) is 5.75 Å². The van der Waals surface area contributed by atoms with E-state index in [1.807, 2.05) is 0 Å². The standard InChI is InChI=1S/C14H8N2O4/c17-7-20-11-4-6-16-13-10(11)2-1-8-9(14(18)19)3-5-15-12(8)13/h1-7H,(H,18,19). The zero-order valence-corrected chi connectivity index (χ0v) is 10.1. The smallest absolute Gasteiger partial charge is 0.336 e. The van der Waals surface area contributed by atoms with Crippen molar-refractivity contribution in [2.24, 2.45) is 0 Å². The Bertz CT molecular complexity index is 845. The maximum Gasteiger partial charge on any atom is 0.336 e. The van der Waals surface area contributed by atoms with Gasteiger partial charge in [0.15, 0.2) is 0 Å². The van der Waals surface area contributed by atoms with Gasteiger partial charge in [-0.25, -0.2) is 4.79 Å². The Hall–Kier alpha value is -3.02. The molecule has 0 aliphatic heterocycles. The summed E-state index contributed by atoms with van der Waals surface area (Å²) in [6, 6.07) is 6.29. The molecule has 1 N–H and O–H groups in total. The van der Waals surface area contributed by atoms with Gasteiger partial charge in [0.25, 0.3) is 6.47 Å². The summed E-state index contributed by atoms with van der Waals surface area (Å²) in [5.74, 6) is -0.675. The first-order valence-corrected chi connectivity index (χ1v) is 5.72. The molecule has 0 radical (unpaired) electrons. The number of hydrogen-bond acceptors (Lipinski definition) is 5. The van der Waals surface area contributed by atoms with E-state index in [9.17, 15) is 14.7 Å². The molecule has 0 bridgehead atoms. The Labute approximate surface area is 112 Å². The molecule has 2 heterocycles. The van der Waals surface area contributed by atoms with Gasteiger partial charge < -0.3 is 9.84 Å². The minimum absolute atomic E-state index is 0.153. The average molecular weight is 268 g/mol. The van der Waals surface area contributed by atoms with Crippen LogP contribution in [-0.2, 0) is 4.79 Å². The van der Waals surface area contributed by atoms with Gasteiger partial charge >= 0.3 is 5.97 Å². The first-order valence-electron chi connectivity index (χ1n) is 5.72. The summed E-state index contributed by atoms with van der Waals surface area (Å²) >= 11 is 0. The zero-order valence-electron chi connectivity index (χ0n) is 10.1. The summed E-state index contributed by atoms with van der Waals surface area (Å²) in [6.07, 6.45) is 2.90. The number of hydrogen-bond donors (Lipinski definition) is 1. The third kappa shape index (κ3) is 1.74. The van der Waals surface area contributed by atoms with E-state index in [4.69, 9.17) is 4.74 Å². The molecule has 0 unspecified atom stereocenters. The number of carboxylic acid groups (broad SMARTS) is 1. The van der Waals surface area contributed by atoms with Gasteiger partial charge in [-0.05, 0) is 18.2 Å². The highest BCUT2D eigenvalue weighted by molar-refractivity contribution is 6.11. The largest absolute Gasteiger partial charge is 0.478 e. The lowest BCUT2D eigenvalue weighted by Crippen LogP contribution is -1.99. The van der Waals surface area contributed by atoms with Crippen molar-refractivity contribution in [2.45, 2.75) is 0 Å². The van der Waals surface area contributed by atoms with Crippen LogP contribution in [0.4, 0.5) is 0 Å². The summed E-state index contributed by atoms with van der Waals surface area (Å²) in [7, 11) is 0. The van der Waals surface area contributed by atoms with E-state index in [0.717, 1.165) is 0 Å². The number of rotatable bonds is 3. The molecule has 0 saturated heterocycles. The van der Waals surface area contributed by atoms with Gasteiger partial charge in [0.2, 0.25) is 0 Å². The number of carbonyl (C=O) groups is 2. The molecule has 3 rings (SSSR count). The molecular formula is C14H8N2O4. The van der Waals surface area contributed by atoms with E-state index < -0.39 is 5.97 Å². The third-order valence-corrected chi connectivity index (χ3v) is 2.99. The van der Waals surface area contributed by atoms with Gasteiger partial charge in [0.05, 0.1) is 11.1 Å². The van der Waals surface area contributed by atoms with E-state index in [1.54, 1.807) is 18.2 Å². The quantitative estimate of drug-likeness (QED) is 0.577. The molecule has 98 valence electrons. The Morgan fingerprint density at radius 2 is 1.70 bits per heavy atom. The summed E-state index contributed by atoms with van der Waals surface area (Å²) in [4.78, 5) is 30.1. The number of carboxylic acids is 1. The van der Waals surface area contributed by atoms with Gasteiger partial charge in [-0.15, -0.1) is 0 Å². The van der Waals surface area contributed by atoms with Crippen LogP contribution in [0.2, 0.25) is 0 Å². The van der Waals surface area contributed by atoms with Crippen LogP contribution in [-0.4, -0.2) is 27.5 Å². The third-order valence-electron chi connectivity index (χ3n) is 2.99. The Balaban J connectivity index is 2.43. The predicted octanol–water partition coefficient (Wildman–Crippen LogP) is 2.02. The van der Waals surface area contributed by atoms with Crippen molar-refractivity contribution in [1.82, 2.24) is 9.97 Å². The number of ether oxygens (including phenoxy) is 1. The summed E-state index contributed by atoms with van der Waals surface area (Å²) in [5, 5.41) is 10.3. The van der Waals surface area contributed by atoms with Crippen molar-refractivity contribution >= 4 is 34.2 Å². The second-order valence-electron chi connectivity index (χ2n) is 4.04. The Kier molecular flexibility index (Phi) is 2.76. The van der Waals surface area contributed by atoms with Crippen molar-refractivity contribution in [2.75, 3.05) is 0 Å². The molecule has 0 atom stereocenters. The highest BCUT2D eigenvalue weighted by Gasteiger charge is 2.13. The number of pyridine rings is 2. The van der Waals surface area contributed by atoms with E-state index in [-0.39, 0.29) is 5.56 Å². The van der Waals surface area contributed by atoms with Gasteiger partial charge in [-0.2, -0.15) is 0 Å². The molecule has 20 heavy (non-hydrogen) atoms. The van der Waals surface area contributed by atoms with Gasteiger partial charge in [0, 0.05) is 23.2 Å². The van der Waals surface area contributed by atoms with Crippen molar-refractivity contribution < 1.29 is 19.4 Å². The van der Waals surface area contributed by atoms with E-state index >= 15 is 0 Å². The number of carbonyl (C=O) groups excluding carboxylic acids is 1. The summed E-state index contributed by atoms with van der Waals surface area (Å²) in [6.45, 7) is 0.333. The molecule has 0 amide bonds. The maximum absolute atomic E-state index is 11.2. The first kappa shape index (κ1) is 12.0. The summed E-state index contributed by atoms with van der Waals surface area (Å²) < 4.78 is 4.88. The molecule has 6 nitrogen and oxygen atoms in total. The molecule has 0 saturated carbocycles. The second kappa shape index (κ2) is 4.58. The monoisotopic (exact) mass is 268 g/mol. The van der Waals surface area contributed by atoms with Gasteiger partial charge in [-0.3, -0.25) is 14.8 Å². The second-order valence-corrected chi connectivity index (χ2v) is 4.04. The van der Waals surface area contributed by atoms with Crippen LogP contribution in [0.15, 0.2) is 36.7 Å². The number of benzene rings is 1. The molecule has 0 aliphatic carbocycles. The minimum atomic E-state index is -1.03. The fourth-order valence-electron chi connectivity index (χ4n) is 2.14. The Morgan fingerprint density at radius 3 is 2.40 bits per heavy atom. The predicted molar refractivity (Wildman–Crippen MR) is 70.7 cm³/mol. The lowest BCUT2D eigenvalue weighted by Gasteiger charge is -2.07. The molecular weight excluding hydrogens is 260 g/mol. The van der Waals surface area contributed by atoms with Crippen molar-refractivity contribution in [3.05, 3.63) is 42.2 Å². The van der Waals surface area contributed by atoms with E-state index in [2.05, 4.69) is 9.97 Å². The average Bonchev–Trinajstić information content (AvgIpc) is 2.47. The fraction of sp³-hybridized carbons (Fsp3) is 0. The molecule has 1 aromatic carbocycles. The van der Waals surface area contributed by atoms with Gasteiger partial charge in [-0.1, -0.05) is 6.07 Å². The molecule has 0 spiro atoms. The molecule has 3 aromatic rings. The lowest BCUT2D eigenvalue weighted by atomic mass is 10.1. The van der Waals surface area contributed by atoms with Crippen LogP contribution in [0.3, 0.4) is 0 Å². The highest BCUT2D eigenvalue weighted by Crippen LogP contribution is 2.29. The summed E-state index contributed by atoms with van der Waals surface area (Å²) in [5.41, 5.74) is 1.10. The van der Waals surface area contributed by atoms with Crippen molar-refractivity contribution in [3.63, 3.8) is 0 Å². The fourth-order valence-corrected chi connectivity index (χ4v) is 2.14. The van der Waals surface area contributed by atoms with Crippen molar-refractivity contribution in [1.29, 1.82) is 0 Å². The lowest BCUT2D eigenvalue weighted by molar-refractivity contribution is -0.120. The van der Waals surface area contributed by atoms with E-state index in [1.165, 1.54) is 18.5 Å². The molecule has 6 heteroatoms. The van der Waals surface area contributed by atoms with Crippen LogP contribution in [0, 0.1) is 0 Å². The SMILES string of the molecule is O=COc1ccnc2c1ccc1c(C(=O)O)ccnc12. The van der Waals surface area contributed by atoms with Crippen LogP contribution in [0.25, 0.3) is 21.8 Å². The molecule has 2 aromatic heterocycles. The Morgan fingerprint density at radius 1 is 1.05 bits per heavy atom. The van der Waals surface area contributed by atoms with Gasteiger partial charge in [0.1, 0.15) is 11.3 Å². The first-order chi connectivity index (χ1) is 9.72. The molecule has 0 aliphatic rings. The topological polar surface area (TPSA) is 89.4 Å². The van der Waals surface area contributed by atoms with Crippen LogP contribution < -0.4 is 4.74 Å². The number of nitrogens with zero attached hydrogens (tertiary/aromatic N) is 2. The van der Waals surface area contributed by atoms with Crippen molar-refractivity contribution in [3.8, 4) is 5.75 Å². The normalized spacial score (nSPS) is 10.6. The number of aromatic carboxylic acids is 1.